The van der Waals surface area contributed by atoms with E-state index in [0.29, 0.717) is 17.8 Å². The summed E-state index contributed by atoms with van der Waals surface area (Å²) in [7, 11) is 0. The van der Waals surface area contributed by atoms with Gasteiger partial charge in [-0.15, -0.1) is 0 Å². The molecule has 138 valence electrons. The van der Waals surface area contributed by atoms with Crippen LogP contribution in [0.25, 0.3) is 10.8 Å². The summed E-state index contributed by atoms with van der Waals surface area (Å²) in [6, 6.07) is 19.0. The number of fused-ring (bicyclic) bond motifs is 1. The summed E-state index contributed by atoms with van der Waals surface area (Å²) in [5.41, 5.74) is 2.39. The van der Waals surface area contributed by atoms with Gasteiger partial charge in [0.1, 0.15) is 0 Å². The highest BCUT2D eigenvalue weighted by molar-refractivity contribution is 5.98. The van der Waals surface area contributed by atoms with Crippen molar-refractivity contribution in [1.82, 2.24) is 0 Å². The number of hydrogen-bond acceptors (Lipinski definition) is 5. The molecule has 3 rings (SSSR count). The smallest absolute Gasteiger partial charge is 0.302 e. The van der Waals surface area contributed by atoms with E-state index in [4.69, 9.17) is 4.74 Å². The molecule has 0 atom stereocenters. The molecule has 1 N–H and O–H groups in total. The van der Waals surface area contributed by atoms with Crippen molar-refractivity contribution >= 4 is 28.1 Å². The minimum Gasteiger partial charge on any atom is -0.466 e. The van der Waals surface area contributed by atoms with Crippen molar-refractivity contribution in [2.24, 2.45) is 0 Å². The molecule has 0 aliphatic carbocycles. The molecule has 0 saturated heterocycles. The molecule has 3 aromatic rings. The lowest BCUT2D eigenvalue weighted by atomic mass is 9.98. The molecule has 27 heavy (non-hydrogen) atoms. The molecule has 6 nitrogen and oxygen atoms in total. The summed E-state index contributed by atoms with van der Waals surface area (Å²) in [5, 5.41) is 16.7. The van der Waals surface area contributed by atoms with Crippen LogP contribution in [0.1, 0.15) is 18.1 Å². The number of nitrogens with zero attached hydrogens (tertiary/aromatic N) is 1. The Kier molecular flexibility index (Phi) is 5.66. The number of nitro groups is 1. The number of esters is 1. The molecule has 0 aliphatic rings. The van der Waals surface area contributed by atoms with Gasteiger partial charge in [0.25, 0.3) is 5.69 Å². The van der Waals surface area contributed by atoms with Gasteiger partial charge in [-0.05, 0) is 10.9 Å². The number of hydrogen-bond donors (Lipinski definition) is 1. The highest BCUT2D eigenvalue weighted by Crippen LogP contribution is 2.35. The highest BCUT2D eigenvalue weighted by atomic mass is 16.6. The Morgan fingerprint density at radius 1 is 1.07 bits per heavy atom. The predicted octanol–water partition coefficient (Wildman–Crippen LogP) is 4.47. The number of carbonyl (C=O) groups is 1. The minimum atomic E-state index is -0.400. The monoisotopic (exact) mass is 364 g/mol. The first-order chi connectivity index (χ1) is 13.1. The summed E-state index contributed by atoms with van der Waals surface area (Å²) in [5.74, 6) is -0.400. The molecule has 6 heteroatoms. The van der Waals surface area contributed by atoms with Crippen molar-refractivity contribution in [3.8, 4) is 0 Å². The Bertz CT molecular complexity index is 971. The zero-order valence-corrected chi connectivity index (χ0v) is 15.0. The van der Waals surface area contributed by atoms with E-state index in [2.05, 4.69) is 5.32 Å². The van der Waals surface area contributed by atoms with E-state index in [1.807, 2.05) is 54.6 Å². The molecular formula is C21H20N2O4. The van der Waals surface area contributed by atoms with Gasteiger partial charge >= 0.3 is 5.97 Å². The van der Waals surface area contributed by atoms with Crippen molar-refractivity contribution < 1.29 is 14.5 Å². The molecule has 0 spiro atoms. The van der Waals surface area contributed by atoms with E-state index in [-0.39, 0.29) is 23.6 Å². The Morgan fingerprint density at radius 2 is 1.74 bits per heavy atom. The molecule has 0 aliphatic heterocycles. The number of nitro benzene ring substituents is 1. The first kappa shape index (κ1) is 18.4. The Labute approximate surface area is 156 Å². The highest BCUT2D eigenvalue weighted by Gasteiger charge is 2.20. The number of ether oxygens (including phenoxy) is 1. The second kappa shape index (κ2) is 8.31. The Morgan fingerprint density at radius 3 is 2.41 bits per heavy atom. The molecule has 0 aromatic heterocycles. The van der Waals surface area contributed by atoms with Crippen LogP contribution in [-0.4, -0.2) is 17.5 Å². The number of rotatable bonds is 7. The number of anilines is 1. The van der Waals surface area contributed by atoms with Crippen molar-refractivity contribution in [2.75, 3.05) is 11.9 Å². The lowest BCUT2D eigenvalue weighted by molar-refractivity contribution is -0.385. The second-order valence-electron chi connectivity index (χ2n) is 6.15. The number of benzene rings is 3. The van der Waals surface area contributed by atoms with Gasteiger partial charge in [-0.25, -0.2) is 0 Å². The SMILES string of the molecule is CC(=O)OCCc1c([N+](=O)[O-])cc(NCc2ccccc2)c2ccccc12. The first-order valence-electron chi connectivity index (χ1n) is 8.66. The molecule has 0 saturated carbocycles. The molecule has 0 amide bonds. The van der Waals surface area contributed by atoms with Crippen LogP contribution < -0.4 is 5.32 Å². The average molecular weight is 364 g/mol. The van der Waals surface area contributed by atoms with Crippen LogP contribution in [0, 0.1) is 10.1 Å². The molecule has 0 fully saturated rings. The molecule has 3 aromatic carbocycles. The standard InChI is InChI=1S/C21H20N2O4/c1-15(24)27-12-11-19-17-9-5-6-10-18(17)20(13-21(19)23(25)26)22-14-16-7-3-2-4-8-16/h2-10,13,22H,11-12,14H2,1H3. The zero-order valence-electron chi connectivity index (χ0n) is 15.0. The zero-order chi connectivity index (χ0) is 19.2. The molecule has 0 heterocycles. The van der Waals surface area contributed by atoms with Gasteiger partial charge in [-0.1, -0.05) is 54.6 Å². The maximum atomic E-state index is 11.7. The molecule has 0 radical (unpaired) electrons. The van der Waals surface area contributed by atoms with Crippen LogP contribution in [0.5, 0.6) is 0 Å². The number of carbonyl (C=O) groups excluding carboxylic acids is 1. The fraction of sp³-hybridized carbons (Fsp3) is 0.190. The third-order valence-corrected chi connectivity index (χ3v) is 4.31. The lowest BCUT2D eigenvalue weighted by Gasteiger charge is -2.14. The van der Waals surface area contributed by atoms with Crippen LogP contribution in [0.3, 0.4) is 0 Å². The quantitative estimate of drug-likeness (QED) is 0.380. The fourth-order valence-corrected chi connectivity index (χ4v) is 3.08. The molecule has 0 unspecified atom stereocenters. The van der Waals surface area contributed by atoms with Crippen LogP contribution >= 0.6 is 0 Å². The van der Waals surface area contributed by atoms with E-state index < -0.39 is 5.97 Å². The van der Waals surface area contributed by atoms with Gasteiger partial charge in [0.05, 0.1) is 11.5 Å². The topological polar surface area (TPSA) is 81.5 Å². The lowest BCUT2D eigenvalue weighted by Crippen LogP contribution is -2.07. The van der Waals surface area contributed by atoms with Crippen molar-refractivity contribution in [3.63, 3.8) is 0 Å². The van der Waals surface area contributed by atoms with Gasteiger partial charge in [-0.3, -0.25) is 14.9 Å². The fourth-order valence-electron chi connectivity index (χ4n) is 3.08. The third-order valence-electron chi connectivity index (χ3n) is 4.31. The maximum Gasteiger partial charge on any atom is 0.302 e. The molecule has 0 bridgehead atoms. The van der Waals surface area contributed by atoms with Gasteiger partial charge in [-0.2, -0.15) is 0 Å². The largest absolute Gasteiger partial charge is 0.466 e. The summed E-state index contributed by atoms with van der Waals surface area (Å²) in [6.45, 7) is 1.99. The van der Waals surface area contributed by atoms with E-state index >= 15 is 0 Å². The van der Waals surface area contributed by atoms with Crippen LogP contribution in [0.4, 0.5) is 11.4 Å². The average Bonchev–Trinajstić information content (AvgIpc) is 2.67. The van der Waals surface area contributed by atoms with Crippen molar-refractivity contribution in [2.45, 2.75) is 19.9 Å². The normalized spacial score (nSPS) is 10.6. The minimum absolute atomic E-state index is 0.0245. The van der Waals surface area contributed by atoms with Gasteiger partial charge < -0.3 is 10.1 Å². The maximum absolute atomic E-state index is 11.7. The van der Waals surface area contributed by atoms with Crippen molar-refractivity contribution in [1.29, 1.82) is 0 Å². The van der Waals surface area contributed by atoms with Crippen LogP contribution in [0.2, 0.25) is 0 Å². The van der Waals surface area contributed by atoms with E-state index in [9.17, 15) is 14.9 Å². The number of nitrogens with one attached hydrogen (secondary N) is 1. The van der Waals surface area contributed by atoms with Gasteiger partial charge in [0.15, 0.2) is 0 Å². The van der Waals surface area contributed by atoms with Gasteiger partial charge in [0, 0.05) is 42.6 Å². The Hall–Kier alpha value is -3.41. The summed E-state index contributed by atoms with van der Waals surface area (Å²) < 4.78 is 4.99. The molecular weight excluding hydrogens is 344 g/mol. The van der Waals surface area contributed by atoms with E-state index in [0.717, 1.165) is 16.3 Å². The van der Waals surface area contributed by atoms with E-state index in [1.165, 1.54) is 6.92 Å². The van der Waals surface area contributed by atoms with E-state index in [1.54, 1.807) is 6.07 Å². The third kappa shape index (κ3) is 4.41. The predicted molar refractivity (Wildman–Crippen MR) is 105 cm³/mol. The van der Waals surface area contributed by atoms with Crippen LogP contribution in [-0.2, 0) is 22.5 Å². The second-order valence-corrected chi connectivity index (χ2v) is 6.15. The summed E-state index contributed by atoms with van der Waals surface area (Å²) >= 11 is 0. The summed E-state index contributed by atoms with van der Waals surface area (Å²) in [4.78, 5) is 22.3. The van der Waals surface area contributed by atoms with Crippen molar-refractivity contribution in [3.05, 3.63) is 81.9 Å². The Balaban J connectivity index is 1.99. The summed E-state index contributed by atoms with van der Waals surface area (Å²) in [6.07, 6.45) is 0.287. The van der Waals surface area contributed by atoms with Crippen LogP contribution in [0.15, 0.2) is 60.7 Å². The first-order valence-corrected chi connectivity index (χ1v) is 8.66. The van der Waals surface area contributed by atoms with Gasteiger partial charge in [0.2, 0.25) is 0 Å².